The van der Waals surface area contributed by atoms with E-state index in [-0.39, 0.29) is 17.9 Å². The van der Waals surface area contributed by atoms with Crippen LogP contribution in [0.15, 0.2) is 53.5 Å². The summed E-state index contributed by atoms with van der Waals surface area (Å²) in [6, 6.07) is 13.6. The molecule has 1 fully saturated rings. The van der Waals surface area contributed by atoms with Gasteiger partial charge < -0.3 is 26.1 Å². The van der Waals surface area contributed by atoms with E-state index in [2.05, 4.69) is 32.8 Å². The Bertz CT molecular complexity index is 1250. The summed E-state index contributed by atoms with van der Waals surface area (Å²) in [7, 11) is 0. The monoisotopic (exact) mass is 476 g/mol. The number of nitrogens with zero attached hydrogens (tertiary/aromatic N) is 3. The van der Waals surface area contributed by atoms with Crippen LogP contribution in [0.1, 0.15) is 27.9 Å². The minimum Gasteiger partial charge on any atom is -0.384 e. The van der Waals surface area contributed by atoms with Crippen molar-refractivity contribution in [2.45, 2.75) is 33.4 Å². The van der Waals surface area contributed by atoms with Crippen LogP contribution in [0, 0.1) is 13.8 Å². The molecule has 0 bridgehead atoms. The number of nitrogen functional groups attached to an aromatic ring is 1. The Labute approximate surface area is 204 Å². The van der Waals surface area contributed by atoms with Gasteiger partial charge in [0.15, 0.2) is 0 Å². The molecule has 0 aliphatic carbocycles. The first-order valence-electron chi connectivity index (χ1n) is 11.8. The number of rotatable bonds is 8. The molecule has 0 saturated carbocycles. The largest absolute Gasteiger partial charge is 0.384 e. The molecule has 1 aliphatic rings. The van der Waals surface area contributed by atoms with Gasteiger partial charge in [-0.05, 0) is 48.7 Å². The third-order valence-electron chi connectivity index (χ3n) is 6.24. The van der Waals surface area contributed by atoms with Crippen molar-refractivity contribution in [1.29, 1.82) is 0 Å². The molecule has 0 unspecified atom stereocenters. The molecule has 1 saturated heterocycles. The number of nitrogens with two attached hydrogens (primary N) is 1. The van der Waals surface area contributed by atoms with Crippen molar-refractivity contribution < 1.29 is 9.53 Å². The molecule has 184 valence electrons. The van der Waals surface area contributed by atoms with Gasteiger partial charge in [0.25, 0.3) is 5.56 Å². The number of aromatic nitrogens is 2. The van der Waals surface area contributed by atoms with Crippen LogP contribution in [0.5, 0.6) is 0 Å². The van der Waals surface area contributed by atoms with Crippen molar-refractivity contribution in [2.24, 2.45) is 0 Å². The molecule has 9 heteroatoms. The van der Waals surface area contributed by atoms with Gasteiger partial charge in [0.2, 0.25) is 5.91 Å². The third kappa shape index (κ3) is 5.99. The minimum atomic E-state index is -0.227. The summed E-state index contributed by atoms with van der Waals surface area (Å²) < 4.78 is 6.93. The van der Waals surface area contributed by atoms with Gasteiger partial charge in [0, 0.05) is 42.8 Å². The zero-order chi connectivity index (χ0) is 24.8. The van der Waals surface area contributed by atoms with E-state index in [4.69, 9.17) is 10.5 Å². The number of hydrogen-bond acceptors (Lipinski definition) is 7. The molecular formula is C26H32N6O3. The van der Waals surface area contributed by atoms with E-state index in [0.717, 1.165) is 41.2 Å². The smallest absolute Gasteiger partial charge is 0.272 e. The Hall–Kier alpha value is -3.85. The van der Waals surface area contributed by atoms with Crippen LogP contribution in [0.4, 0.5) is 11.5 Å². The molecule has 1 aromatic carbocycles. The first kappa shape index (κ1) is 24.3. The van der Waals surface area contributed by atoms with E-state index in [0.29, 0.717) is 37.7 Å². The lowest BCUT2D eigenvalue weighted by Crippen LogP contribution is -2.37. The SMILES string of the molecule is Cc1ccn(NCc2ccccc2N2CCOCC2)c(=O)c1CC(=O)NCc1ccc(N)nc1C. The maximum Gasteiger partial charge on any atom is 0.272 e. The number of benzene rings is 1. The third-order valence-corrected chi connectivity index (χ3v) is 6.24. The zero-order valence-corrected chi connectivity index (χ0v) is 20.2. The van der Waals surface area contributed by atoms with Gasteiger partial charge in [0.05, 0.1) is 26.2 Å². The highest BCUT2D eigenvalue weighted by molar-refractivity contribution is 5.78. The topological polar surface area (TPSA) is 115 Å². The molecule has 4 rings (SSSR count). The highest BCUT2D eigenvalue weighted by atomic mass is 16.5. The normalized spacial score (nSPS) is 13.5. The summed E-state index contributed by atoms with van der Waals surface area (Å²) in [5, 5.41) is 2.88. The first-order valence-corrected chi connectivity index (χ1v) is 11.8. The van der Waals surface area contributed by atoms with Crippen LogP contribution in [0.3, 0.4) is 0 Å². The van der Waals surface area contributed by atoms with Crippen molar-refractivity contribution in [2.75, 3.05) is 42.4 Å². The van der Waals surface area contributed by atoms with Crippen molar-refractivity contribution in [3.8, 4) is 0 Å². The lowest BCUT2D eigenvalue weighted by molar-refractivity contribution is -0.120. The second-order valence-electron chi connectivity index (χ2n) is 8.65. The fourth-order valence-corrected chi connectivity index (χ4v) is 4.16. The number of hydrogen-bond donors (Lipinski definition) is 3. The average Bonchev–Trinajstić information content (AvgIpc) is 2.86. The van der Waals surface area contributed by atoms with Crippen LogP contribution < -0.4 is 26.9 Å². The van der Waals surface area contributed by atoms with Gasteiger partial charge >= 0.3 is 0 Å². The van der Waals surface area contributed by atoms with E-state index in [9.17, 15) is 9.59 Å². The molecule has 35 heavy (non-hydrogen) atoms. The lowest BCUT2D eigenvalue weighted by atomic mass is 10.1. The summed E-state index contributed by atoms with van der Waals surface area (Å²) in [5.41, 5.74) is 13.8. The predicted molar refractivity (Wildman–Crippen MR) is 137 cm³/mol. The fourth-order valence-electron chi connectivity index (χ4n) is 4.16. The zero-order valence-electron chi connectivity index (χ0n) is 20.2. The van der Waals surface area contributed by atoms with Gasteiger partial charge in [-0.15, -0.1) is 0 Å². The van der Waals surface area contributed by atoms with E-state index in [1.807, 2.05) is 38.1 Å². The Balaban J connectivity index is 1.43. The van der Waals surface area contributed by atoms with Crippen LogP contribution in [0.25, 0.3) is 0 Å². The number of pyridine rings is 2. The van der Waals surface area contributed by atoms with E-state index >= 15 is 0 Å². The second kappa shape index (κ2) is 11.1. The summed E-state index contributed by atoms with van der Waals surface area (Å²) in [6.45, 7) is 7.59. The number of morpholine rings is 1. The second-order valence-corrected chi connectivity index (χ2v) is 8.65. The molecule has 1 amide bonds. The Morgan fingerprint density at radius 2 is 1.83 bits per heavy atom. The van der Waals surface area contributed by atoms with Crippen molar-refractivity contribution in [1.82, 2.24) is 15.0 Å². The van der Waals surface area contributed by atoms with Gasteiger partial charge in [-0.25, -0.2) is 9.66 Å². The van der Waals surface area contributed by atoms with Gasteiger partial charge in [-0.1, -0.05) is 24.3 Å². The number of nitrogens with one attached hydrogen (secondary N) is 2. The molecular weight excluding hydrogens is 444 g/mol. The number of para-hydroxylation sites is 1. The first-order chi connectivity index (χ1) is 16.9. The molecule has 3 heterocycles. The molecule has 9 nitrogen and oxygen atoms in total. The highest BCUT2D eigenvalue weighted by Gasteiger charge is 2.16. The Morgan fingerprint density at radius 1 is 1.06 bits per heavy atom. The molecule has 4 N–H and O–H groups in total. The maximum absolute atomic E-state index is 13.2. The van der Waals surface area contributed by atoms with E-state index in [1.54, 1.807) is 12.3 Å². The molecule has 0 atom stereocenters. The van der Waals surface area contributed by atoms with Crippen molar-refractivity contribution >= 4 is 17.4 Å². The maximum atomic E-state index is 13.2. The molecule has 0 radical (unpaired) electrons. The molecule has 1 aliphatic heterocycles. The number of carbonyl (C=O) groups is 1. The standard InChI is InChI=1S/C26H32N6O3/c1-18-9-10-32(29-17-21-5-3-4-6-23(21)31-11-13-35-14-12-31)26(34)22(18)15-25(33)28-16-20-7-8-24(27)30-19(20)2/h3-10,29H,11-17H2,1-2H3,(H2,27,30)(H,28,33). The van der Waals surface area contributed by atoms with Crippen LogP contribution in [-0.2, 0) is 29.0 Å². The van der Waals surface area contributed by atoms with E-state index < -0.39 is 0 Å². The van der Waals surface area contributed by atoms with Crippen LogP contribution in [0.2, 0.25) is 0 Å². The van der Waals surface area contributed by atoms with Gasteiger partial charge in [-0.2, -0.15) is 0 Å². The van der Waals surface area contributed by atoms with Crippen molar-refractivity contribution in [3.05, 3.63) is 87.0 Å². The summed E-state index contributed by atoms with van der Waals surface area (Å²) in [5.74, 6) is 0.218. The summed E-state index contributed by atoms with van der Waals surface area (Å²) >= 11 is 0. The Kier molecular flexibility index (Phi) is 7.67. The average molecular weight is 477 g/mol. The Morgan fingerprint density at radius 3 is 2.60 bits per heavy atom. The number of carbonyl (C=O) groups excluding carboxylic acids is 1. The summed E-state index contributed by atoms with van der Waals surface area (Å²) in [6.07, 6.45) is 1.71. The quantitative estimate of drug-likeness (QED) is 0.455. The van der Waals surface area contributed by atoms with E-state index in [1.165, 1.54) is 4.68 Å². The summed E-state index contributed by atoms with van der Waals surface area (Å²) in [4.78, 5) is 32.3. The van der Waals surface area contributed by atoms with Gasteiger partial charge in [0.1, 0.15) is 5.82 Å². The molecule has 3 aromatic rings. The van der Waals surface area contributed by atoms with Crippen LogP contribution in [-0.4, -0.2) is 41.9 Å². The minimum absolute atomic E-state index is 0.000992. The fraction of sp³-hybridized carbons (Fsp3) is 0.346. The lowest BCUT2D eigenvalue weighted by Gasteiger charge is -2.30. The number of anilines is 2. The van der Waals surface area contributed by atoms with Crippen molar-refractivity contribution in [3.63, 3.8) is 0 Å². The number of aryl methyl sites for hydroxylation is 2. The number of amides is 1. The number of ether oxygens (including phenoxy) is 1. The highest BCUT2D eigenvalue weighted by Crippen LogP contribution is 2.21. The van der Waals surface area contributed by atoms with Gasteiger partial charge in [-0.3, -0.25) is 9.59 Å². The molecule has 0 spiro atoms. The molecule has 2 aromatic heterocycles. The van der Waals surface area contributed by atoms with Crippen LogP contribution >= 0.6 is 0 Å². The predicted octanol–water partition coefficient (Wildman–Crippen LogP) is 1.88.